The number of esters is 3. The average molecular weight is 948 g/mol. The Morgan fingerprint density at radius 3 is 0.956 bits per heavy atom. The molecule has 0 heterocycles. The fourth-order valence-corrected chi connectivity index (χ4v) is 7.86. The molecule has 1 atom stereocenters. The molecule has 6 heteroatoms. The van der Waals surface area contributed by atoms with Crippen molar-refractivity contribution >= 4 is 17.9 Å². The van der Waals surface area contributed by atoms with Crippen LogP contribution in [0.3, 0.4) is 0 Å². The van der Waals surface area contributed by atoms with Crippen LogP contribution in [0.2, 0.25) is 0 Å². The second kappa shape index (κ2) is 56.2. The molecule has 0 aliphatic rings. The Morgan fingerprint density at radius 1 is 0.309 bits per heavy atom. The third-order valence-corrected chi connectivity index (χ3v) is 12.1. The molecule has 1 unspecified atom stereocenters. The Hall–Kier alpha value is -3.41. The maximum absolute atomic E-state index is 12.8. The van der Waals surface area contributed by atoms with Gasteiger partial charge in [-0.05, 0) is 89.9 Å². The summed E-state index contributed by atoms with van der Waals surface area (Å²) in [5.74, 6) is -0.898. The normalized spacial score (nSPS) is 12.7. The fraction of sp³-hybridized carbons (Fsp3) is 0.726. The number of hydrogen-bond donors (Lipinski definition) is 0. The molecule has 68 heavy (non-hydrogen) atoms. The van der Waals surface area contributed by atoms with E-state index in [1.54, 1.807) is 0 Å². The van der Waals surface area contributed by atoms with Crippen LogP contribution in [0, 0.1) is 0 Å². The fourth-order valence-electron chi connectivity index (χ4n) is 7.86. The van der Waals surface area contributed by atoms with E-state index in [4.69, 9.17) is 14.2 Å². The van der Waals surface area contributed by atoms with Gasteiger partial charge in [-0.3, -0.25) is 14.4 Å². The van der Waals surface area contributed by atoms with Crippen molar-refractivity contribution in [2.75, 3.05) is 13.2 Å². The van der Waals surface area contributed by atoms with Crippen LogP contribution in [0.5, 0.6) is 0 Å². The van der Waals surface area contributed by atoms with E-state index >= 15 is 0 Å². The highest BCUT2D eigenvalue weighted by Crippen LogP contribution is 2.15. The molecule has 0 bridgehead atoms. The van der Waals surface area contributed by atoms with Gasteiger partial charge in [0.1, 0.15) is 13.2 Å². The SMILES string of the molecule is CC/C=C\C/C=C\C/C=C\C/C=C\C/C=C\CCCCCCCCCCCC(=O)OCC(COC(=O)CCCCCCCCCCCCCC)OC(=O)CCCCCCC/C=C\C/C=C\CCC. The summed E-state index contributed by atoms with van der Waals surface area (Å²) in [6, 6.07) is 0. The van der Waals surface area contributed by atoms with Crippen molar-refractivity contribution in [3.05, 3.63) is 85.1 Å². The van der Waals surface area contributed by atoms with Gasteiger partial charge in [0.2, 0.25) is 0 Å². The molecule has 0 aliphatic carbocycles. The molecule has 0 spiro atoms. The summed E-state index contributed by atoms with van der Waals surface area (Å²) in [5.41, 5.74) is 0. The van der Waals surface area contributed by atoms with Gasteiger partial charge in [0.05, 0.1) is 0 Å². The van der Waals surface area contributed by atoms with E-state index in [0.717, 1.165) is 128 Å². The van der Waals surface area contributed by atoms with Gasteiger partial charge in [-0.2, -0.15) is 0 Å². The number of allylic oxidation sites excluding steroid dienone is 14. The quantitative estimate of drug-likeness (QED) is 0.0262. The van der Waals surface area contributed by atoms with Crippen molar-refractivity contribution < 1.29 is 28.6 Å². The zero-order valence-corrected chi connectivity index (χ0v) is 44.6. The summed E-state index contributed by atoms with van der Waals surface area (Å²) in [5, 5.41) is 0. The van der Waals surface area contributed by atoms with Crippen molar-refractivity contribution in [2.24, 2.45) is 0 Å². The summed E-state index contributed by atoms with van der Waals surface area (Å²) >= 11 is 0. The lowest BCUT2D eigenvalue weighted by Gasteiger charge is -2.18. The number of unbranched alkanes of at least 4 members (excludes halogenated alkanes) is 26. The predicted octanol–water partition coefficient (Wildman–Crippen LogP) is 19.2. The molecular formula is C62H106O6. The van der Waals surface area contributed by atoms with Crippen LogP contribution in [0.15, 0.2) is 85.1 Å². The molecule has 0 aromatic heterocycles. The summed E-state index contributed by atoms with van der Waals surface area (Å²) in [6.45, 7) is 6.45. The van der Waals surface area contributed by atoms with E-state index in [9.17, 15) is 14.4 Å². The first-order chi connectivity index (χ1) is 33.5. The van der Waals surface area contributed by atoms with E-state index < -0.39 is 6.10 Å². The minimum absolute atomic E-state index is 0.0819. The van der Waals surface area contributed by atoms with Crippen molar-refractivity contribution in [1.82, 2.24) is 0 Å². The van der Waals surface area contributed by atoms with Gasteiger partial charge >= 0.3 is 17.9 Å². The Bertz CT molecular complexity index is 1320. The summed E-state index contributed by atoms with van der Waals surface area (Å²) in [7, 11) is 0. The molecule has 0 N–H and O–H groups in total. The maximum Gasteiger partial charge on any atom is 0.306 e. The molecule has 0 saturated heterocycles. The first kappa shape index (κ1) is 64.6. The van der Waals surface area contributed by atoms with E-state index in [0.29, 0.717) is 19.3 Å². The summed E-state index contributed by atoms with van der Waals surface area (Å²) in [6.07, 6.45) is 72.9. The van der Waals surface area contributed by atoms with Crippen LogP contribution >= 0.6 is 0 Å². The Labute approximate surface area is 420 Å². The van der Waals surface area contributed by atoms with Gasteiger partial charge < -0.3 is 14.2 Å². The number of hydrogen-bond acceptors (Lipinski definition) is 6. The van der Waals surface area contributed by atoms with Crippen LogP contribution in [-0.4, -0.2) is 37.2 Å². The van der Waals surface area contributed by atoms with E-state index in [2.05, 4.69) is 106 Å². The van der Waals surface area contributed by atoms with Gasteiger partial charge in [0.25, 0.3) is 0 Å². The first-order valence-electron chi connectivity index (χ1n) is 28.6. The van der Waals surface area contributed by atoms with E-state index in [1.807, 2.05) is 0 Å². The third kappa shape index (κ3) is 53.5. The molecule has 0 aromatic rings. The molecular weight excluding hydrogens is 841 g/mol. The lowest BCUT2D eigenvalue weighted by atomic mass is 10.0. The zero-order valence-electron chi connectivity index (χ0n) is 44.6. The minimum atomic E-state index is -0.784. The van der Waals surface area contributed by atoms with Crippen LogP contribution < -0.4 is 0 Å². The average Bonchev–Trinajstić information content (AvgIpc) is 3.34. The van der Waals surface area contributed by atoms with Crippen LogP contribution in [-0.2, 0) is 28.6 Å². The van der Waals surface area contributed by atoms with E-state index in [1.165, 1.54) is 103 Å². The highest BCUT2D eigenvalue weighted by atomic mass is 16.6. The predicted molar refractivity (Wildman–Crippen MR) is 293 cm³/mol. The molecule has 0 saturated carbocycles. The number of ether oxygens (including phenoxy) is 3. The molecule has 390 valence electrons. The summed E-state index contributed by atoms with van der Waals surface area (Å²) in [4.78, 5) is 38.1. The number of carbonyl (C=O) groups excluding carboxylic acids is 3. The molecule has 0 aromatic carbocycles. The van der Waals surface area contributed by atoms with E-state index in [-0.39, 0.29) is 31.1 Å². The largest absolute Gasteiger partial charge is 0.462 e. The Morgan fingerprint density at radius 2 is 0.603 bits per heavy atom. The van der Waals surface area contributed by atoms with Gasteiger partial charge in [0, 0.05) is 19.3 Å². The zero-order chi connectivity index (χ0) is 49.3. The van der Waals surface area contributed by atoms with Crippen LogP contribution in [0.4, 0.5) is 0 Å². The summed E-state index contributed by atoms with van der Waals surface area (Å²) < 4.78 is 16.8. The lowest BCUT2D eigenvalue weighted by Crippen LogP contribution is -2.30. The molecule has 0 aliphatic heterocycles. The molecule has 0 rings (SSSR count). The van der Waals surface area contributed by atoms with Gasteiger partial charge in [-0.1, -0.05) is 247 Å². The van der Waals surface area contributed by atoms with Gasteiger partial charge in [0.15, 0.2) is 6.10 Å². The Kier molecular flexibility index (Phi) is 53.4. The van der Waals surface area contributed by atoms with Gasteiger partial charge in [-0.15, -0.1) is 0 Å². The number of rotatable bonds is 51. The van der Waals surface area contributed by atoms with Gasteiger partial charge in [-0.25, -0.2) is 0 Å². The second-order valence-corrected chi connectivity index (χ2v) is 18.8. The van der Waals surface area contributed by atoms with Crippen molar-refractivity contribution in [2.45, 2.75) is 277 Å². The van der Waals surface area contributed by atoms with Crippen LogP contribution in [0.1, 0.15) is 271 Å². The Balaban J connectivity index is 4.29. The van der Waals surface area contributed by atoms with Crippen molar-refractivity contribution in [3.63, 3.8) is 0 Å². The van der Waals surface area contributed by atoms with Crippen molar-refractivity contribution in [1.29, 1.82) is 0 Å². The topological polar surface area (TPSA) is 78.9 Å². The minimum Gasteiger partial charge on any atom is -0.462 e. The molecule has 6 nitrogen and oxygen atoms in total. The lowest BCUT2D eigenvalue weighted by molar-refractivity contribution is -0.167. The van der Waals surface area contributed by atoms with Crippen molar-refractivity contribution in [3.8, 4) is 0 Å². The number of carbonyl (C=O) groups is 3. The molecule has 0 fully saturated rings. The highest BCUT2D eigenvalue weighted by molar-refractivity contribution is 5.71. The first-order valence-corrected chi connectivity index (χ1v) is 28.6. The monoisotopic (exact) mass is 947 g/mol. The highest BCUT2D eigenvalue weighted by Gasteiger charge is 2.19. The molecule has 0 radical (unpaired) electrons. The van der Waals surface area contributed by atoms with Crippen LogP contribution in [0.25, 0.3) is 0 Å². The molecule has 0 amide bonds. The standard InChI is InChI=1S/C62H106O6/c1-4-7-10-13-16-19-22-25-26-27-28-29-30-31-32-33-34-35-36-38-40-43-46-49-52-55-61(64)67-58-59(57-66-60(63)54-51-48-45-42-39-24-21-18-15-12-9-6-3)68-62(65)56-53-50-47-44-41-37-23-20-17-14-11-8-5-2/h7,10-11,14,16,19-20,23,25-26,28-29,31-32,59H,4-6,8-9,12-13,15,17-18,21-22,24,27,30,33-58H2,1-3H3/b10-7-,14-11-,19-16-,23-20-,26-25-,29-28-,32-31-. The maximum atomic E-state index is 12.8. The third-order valence-electron chi connectivity index (χ3n) is 12.1. The smallest absolute Gasteiger partial charge is 0.306 e. The second-order valence-electron chi connectivity index (χ2n) is 18.8.